The number of thioether (sulfide) groups is 1. The van der Waals surface area contributed by atoms with Gasteiger partial charge >= 0.3 is 0 Å². The summed E-state index contributed by atoms with van der Waals surface area (Å²) in [5.74, 6) is -1.84. The van der Waals surface area contributed by atoms with E-state index in [1.54, 1.807) is 12.4 Å². The normalized spacial score (nSPS) is 19.6. The SMILES string of the molecule is CCN(CC)c1c[n+](CC2=C(C(=O)[O-])N3C(=O)C(NC(=O)/C(=N\O)c4csc(N)n4)[C@H]3SC2)ccn1. The summed E-state index contributed by atoms with van der Waals surface area (Å²) in [7, 11) is 0. The van der Waals surface area contributed by atoms with Crippen molar-refractivity contribution in [1.29, 1.82) is 0 Å². The minimum Gasteiger partial charge on any atom is -0.543 e. The van der Waals surface area contributed by atoms with Gasteiger partial charge in [-0.15, -0.1) is 23.1 Å². The lowest BCUT2D eigenvalue weighted by Crippen LogP contribution is -2.71. The number of carbonyl (C=O) groups is 3. The molecule has 2 amide bonds. The fourth-order valence-corrected chi connectivity index (χ4v) is 5.94. The van der Waals surface area contributed by atoms with Crippen molar-refractivity contribution in [3.8, 4) is 0 Å². The number of hydrogen-bond donors (Lipinski definition) is 3. The fraction of sp³-hybridized carbons (Fsp3) is 0.381. The van der Waals surface area contributed by atoms with Crippen LogP contribution in [-0.2, 0) is 20.9 Å². The molecule has 1 unspecified atom stereocenters. The number of aliphatic carboxylic acids is 1. The van der Waals surface area contributed by atoms with Crippen LogP contribution in [0.3, 0.4) is 0 Å². The molecule has 0 aromatic carbocycles. The minimum atomic E-state index is -1.47. The molecule has 2 aliphatic rings. The summed E-state index contributed by atoms with van der Waals surface area (Å²) in [5, 5.41) is 27.8. The topological polar surface area (TPSA) is 181 Å². The van der Waals surface area contributed by atoms with E-state index in [-0.39, 0.29) is 23.1 Å². The molecule has 0 bridgehead atoms. The van der Waals surface area contributed by atoms with Crippen LogP contribution in [-0.4, -0.2) is 73.8 Å². The second kappa shape index (κ2) is 10.5. The quantitative estimate of drug-likeness (QED) is 0.113. The smallest absolute Gasteiger partial charge is 0.276 e. The Morgan fingerprint density at radius 1 is 1.42 bits per heavy atom. The molecule has 36 heavy (non-hydrogen) atoms. The van der Waals surface area contributed by atoms with Gasteiger partial charge in [-0.25, -0.2) is 9.97 Å². The molecule has 2 atom stereocenters. The first-order valence-corrected chi connectivity index (χ1v) is 12.9. The largest absolute Gasteiger partial charge is 0.543 e. The third-order valence-corrected chi connectivity index (χ3v) is 7.83. The molecule has 15 heteroatoms. The van der Waals surface area contributed by atoms with Crippen LogP contribution in [0.5, 0.6) is 0 Å². The van der Waals surface area contributed by atoms with Gasteiger partial charge in [0, 0.05) is 29.8 Å². The van der Waals surface area contributed by atoms with Gasteiger partial charge in [-0.1, -0.05) is 5.16 Å². The van der Waals surface area contributed by atoms with E-state index in [4.69, 9.17) is 5.73 Å². The summed E-state index contributed by atoms with van der Waals surface area (Å²) >= 11 is 2.38. The Labute approximate surface area is 214 Å². The van der Waals surface area contributed by atoms with Crippen molar-refractivity contribution in [2.75, 3.05) is 29.5 Å². The lowest BCUT2D eigenvalue weighted by atomic mass is 10.0. The number of rotatable bonds is 9. The van der Waals surface area contributed by atoms with Crippen molar-refractivity contribution < 1.29 is 29.3 Å². The molecule has 190 valence electrons. The number of carbonyl (C=O) groups excluding carboxylic acids is 3. The van der Waals surface area contributed by atoms with Gasteiger partial charge in [-0.05, 0) is 13.8 Å². The Balaban J connectivity index is 1.52. The third kappa shape index (κ3) is 4.70. The molecule has 0 aliphatic carbocycles. The van der Waals surface area contributed by atoms with Crippen molar-refractivity contribution in [1.82, 2.24) is 20.2 Å². The van der Waals surface area contributed by atoms with Gasteiger partial charge in [0.05, 0.1) is 17.9 Å². The van der Waals surface area contributed by atoms with Gasteiger partial charge in [0.25, 0.3) is 11.8 Å². The predicted octanol–water partition coefficient (Wildman–Crippen LogP) is -1.46. The molecule has 0 radical (unpaired) electrons. The van der Waals surface area contributed by atoms with E-state index < -0.39 is 34.9 Å². The van der Waals surface area contributed by atoms with E-state index in [1.807, 2.05) is 24.6 Å². The predicted molar refractivity (Wildman–Crippen MR) is 130 cm³/mol. The van der Waals surface area contributed by atoms with E-state index in [0.29, 0.717) is 11.3 Å². The Bertz CT molecular complexity index is 1260. The second-order valence-electron chi connectivity index (χ2n) is 7.88. The molecule has 4 rings (SSSR count). The number of carboxylic acids is 1. The summed E-state index contributed by atoms with van der Waals surface area (Å²) in [6.45, 7) is 5.80. The van der Waals surface area contributed by atoms with Crippen molar-refractivity contribution in [3.05, 3.63) is 40.9 Å². The summed E-state index contributed by atoms with van der Waals surface area (Å²) < 4.78 is 1.81. The van der Waals surface area contributed by atoms with Crippen molar-refractivity contribution in [2.45, 2.75) is 31.8 Å². The van der Waals surface area contributed by atoms with Crippen LogP contribution in [0.25, 0.3) is 0 Å². The first kappa shape index (κ1) is 25.4. The highest BCUT2D eigenvalue weighted by atomic mass is 32.2. The van der Waals surface area contributed by atoms with Crippen molar-refractivity contribution >= 4 is 57.5 Å². The van der Waals surface area contributed by atoms with Crippen LogP contribution in [0.15, 0.2) is 40.4 Å². The summed E-state index contributed by atoms with van der Waals surface area (Å²) in [6, 6.07) is -1.01. The molecule has 0 spiro atoms. The molecule has 1 saturated heterocycles. The van der Waals surface area contributed by atoms with Gasteiger partial charge in [-0.2, -0.15) is 4.57 Å². The van der Waals surface area contributed by atoms with Crippen LogP contribution in [0, 0.1) is 0 Å². The van der Waals surface area contributed by atoms with Crippen molar-refractivity contribution in [3.63, 3.8) is 0 Å². The Morgan fingerprint density at radius 3 is 2.78 bits per heavy atom. The number of amides is 2. The fourth-order valence-electron chi connectivity index (χ4n) is 4.06. The van der Waals surface area contributed by atoms with Gasteiger partial charge in [-0.3, -0.25) is 14.5 Å². The van der Waals surface area contributed by atoms with E-state index in [0.717, 1.165) is 35.1 Å². The molecule has 2 aliphatic heterocycles. The maximum Gasteiger partial charge on any atom is 0.276 e. The standard InChI is InChI=1S/C21H24N8O5S2/c1-3-28(4-2)13-8-27(6-5-23-13)7-11-9-35-19-15(18(31)29(19)16(11)20(32)33)25-17(30)14(26-34)12-10-36-21(22)24-12/h5-6,8,10,15,19H,3-4,7,9H2,1-2H3,(H4-,22,24,25,30,32,33,34)/t15?,19-/m1/s1. The molecular formula is C21H24N8O5S2. The van der Waals surface area contributed by atoms with E-state index >= 15 is 0 Å². The first-order valence-electron chi connectivity index (χ1n) is 11.0. The number of oxime groups is 1. The lowest BCUT2D eigenvalue weighted by molar-refractivity contribution is -0.688. The number of aromatic nitrogens is 3. The lowest BCUT2D eigenvalue weighted by Gasteiger charge is -2.50. The van der Waals surface area contributed by atoms with Crippen LogP contribution >= 0.6 is 23.1 Å². The molecule has 2 aromatic rings. The highest BCUT2D eigenvalue weighted by molar-refractivity contribution is 8.00. The summed E-state index contributed by atoms with van der Waals surface area (Å²) in [6.07, 6.45) is 5.19. The number of hydrogen-bond acceptors (Lipinski definition) is 12. The highest BCUT2D eigenvalue weighted by Crippen LogP contribution is 2.40. The average Bonchev–Trinajstić information content (AvgIpc) is 3.29. The zero-order valence-electron chi connectivity index (χ0n) is 19.4. The molecule has 0 saturated carbocycles. The molecule has 2 aromatic heterocycles. The molecule has 13 nitrogen and oxygen atoms in total. The molecule has 4 N–H and O–H groups in total. The monoisotopic (exact) mass is 532 g/mol. The van der Waals surface area contributed by atoms with E-state index in [2.05, 4.69) is 25.3 Å². The number of nitrogens with one attached hydrogen (secondary N) is 1. The third-order valence-electron chi connectivity index (χ3n) is 5.81. The Morgan fingerprint density at radius 2 is 2.17 bits per heavy atom. The number of nitrogens with two attached hydrogens (primary N) is 1. The summed E-state index contributed by atoms with van der Waals surface area (Å²) in [4.78, 5) is 49.1. The maximum atomic E-state index is 12.9. The number of β-lactam (4-membered cyclic amide) rings is 1. The van der Waals surface area contributed by atoms with Crippen LogP contribution in [0.2, 0.25) is 0 Å². The zero-order valence-corrected chi connectivity index (χ0v) is 21.1. The number of carboxylic acid groups (broad SMARTS) is 1. The Kier molecular flexibility index (Phi) is 7.40. The number of nitrogens with zero attached hydrogens (tertiary/aromatic N) is 6. The molecule has 4 heterocycles. The number of anilines is 2. The van der Waals surface area contributed by atoms with E-state index in [9.17, 15) is 24.7 Å². The Hall–Kier alpha value is -3.72. The minimum absolute atomic E-state index is 0.0634. The van der Waals surface area contributed by atoms with Crippen LogP contribution in [0.1, 0.15) is 19.5 Å². The van der Waals surface area contributed by atoms with Gasteiger partial charge in [0.1, 0.15) is 17.1 Å². The maximum absolute atomic E-state index is 12.9. The summed E-state index contributed by atoms with van der Waals surface area (Å²) in [5.41, 5.74) is 5.54. The van der Waals surface area contributed by atoms with Gasteiger partial charge in [0.2, 0.25) is 6.20 Å². The average molecular weight is 533 g/mol. The number of thiazole rings is 1. The second-order valence-corrected chi connectivity index (χ2v) is 9.87. The first-order chi connectivity index (χ1) is 17.3. The highest BCUT2D eigenvalue weighted by Gasteiger charge is 2.53. The van der Waals surface area contributed by atoms with Gasteiger partial charge < -0.3 is 31.1 Å². The van der Waals surface area contributed by atoms with Crippen molar-refractivity contribution in [2.24, 2.45) is 5.16 Å². The van der Waals surface area contributed by atoms with Crippen LogP contribution < -0.4 is 25.6 Å². The van der Waals surface area contributed by atoms with Crippen LogP contribution in [0.4, 0.5) is 10.9 Å². The zero-order chi connectivity index (χ0) is 26.0. The number of nitrogen functional groups attached to an aromatic ring is 1. The molecular weight excluding hydrogens is 508 g/mol. The molecule has 1 fully saturated rings. The van der Waals surface area contributed by atoms with Gasteiger partial charge in [0.15, 0.2) is 29.4 Å². The van der Waals surface area contributed by atoms with E-state index in [1.165, 1.54) is 17.1 Å². The number of fused-ring (bicyclic) bond motifs is 1.